The van der Waals surface area contributed by atoms with Gasteiger partial charge in [0.05, 0.1) is 10.6 Å². The molecule has 3 fully saturated rings. The van der Waals surface area contributed by atoms with E-state index in [0.29, 0.717) is 34.3 Å². The summed E-state index contributed by atoms with van der Waals surface area (Å²) >= 11 is 0.898. The lowest BCUT2D eigenvalue weighted by atomic mass is 9.85. The second kappa shape index (κ2) is 6.18. The van der Waals surface area contributed by atoms with E-state index in [-0.39, 0.29) is 11.1 Å². The number of aromatic nitrogens is 2. The van der Waals surface area contributed by atoms with Crippen molar-refractivity contribution in [3.05, 3.63) is 22.9 Å². The second-order valence-electron chi connectivity index (χ2n) is 6.54. The number of carbonyl (C=O) groups is 2. The van der Waals surface area contributed by atoms with E-state index in [2.05, 4.69) is 20.2 Å². The average molecular weight is 345 g/mol. The summed E-state index contributed by atoms with van der Waals surface area (Å²) in [5.74, 6) is 2.18. The Morgan fingerprint density at radius 2 is 2.08 bits per heavy atom. The molecule has 3 atom stereocenters. The van der Waals surface area contributed by atoms with Crippen molar-refractivity contribution in [2.45, 2.75) is 12.8 Å². The van der Waals surface area contributed by atoms with E-state index in [0.717, 1.165) is 31.4 Å². The highest BCUT2D eigenvalue weighted by molar-refractivity contribution is 8.18. The van der Waals surface area contributed by atoms with E-state index in [1.165, 1.54) is 12.8 Å². The fourth-order valence-electron chi connectivity index (χ4n) is 4.03. The molecule has 0 spiro atoms. The Kier molecular flexibility index (Phi) is 4.01. The molecule has 0 aromatic carbocycles. The van der Waals surface area contributed by atoms with E-state index in [1.54, 1.807) is 18.3 Å². The summed E-state index contributed by atoms with van der Waals surface area (Å²) in [5.41, 5.74) is 6.56. The molecule has 3 aliphatic rings. The highest BCUT2D eigenvalue weighted by Gasteiger charge is 2.41. The topological polar surface area (TPSA) is 101 Å². The summed E-state index contributed by atoms with van der Waals surface area (Å²) in [4.78, 5) is 34.5. The van der Waals surface area contributed by atoms with Crippen molar-refractivity contribution in [1.82, 2.24) is 15.3 Å². The molecule has 1 aromatic heterocycles. The summed E-state index contributed by atoms with van der Waals surface area (Å²) in [6, 6.07) is 1.74. The summed E-state index contributed by atoms with van der Waals surface area (Å²) in [6.45, 7) is 2.63. The van der Waals surface area contributed by atoms with E-state index in [9.17, 15) is 9.59 Å². The van der Waals surface area contributed by atoms with Gasteiger partial charge < -0.3 is 10.6 Å². The number of imide groups is 1. The van der Waals surface area contributed by atoms with Gasteiger partial charge in [0, 0.05) is 19.3 Å². The normalized spacial score (nSPS) is 31.0. The number of carbonyl (C=O) groups excluding carboxylic acids is 2. The summed E-state index contributed by atoms with van der Waals surface area (Å²) < 4.78 is 0. The van der Waals surface area contributed by atoms with Gasteiger partial charge in [0.1, 0.15) is 0 Å². The van der Waals surface area contributed by atoms with Gasteiger partial charge in [-0.15, -0.1) is 0 Å². The van der Waals surface area contributed by atoms with E-state index in [4.69, 9.17) is 5.73 Å². The van der Waals surface area contributed by atoms with Gasteiger partial charge in [-0.2, -0.15) is 0 Å². The highest BCUT2D eigenvalue weighted by Crippen LogP contribution is 2.42. The minimum atomic E-state index is -0.369. The van der Waals surface area contributed by atoms with Crippen LogP contribution in [0.1, 0.15) is 18.5 Å². The number of hydrogen-bond donors (Lipinski definition) is 2. The molecular weight excluding hydrogens is 326 g/mol. The lowest BCUT2D eigenvalue weighted by Gasteiger charge is -2.37. The monoisotopic (exact) mass is 345 g/mol. The minimum absolute atomic E-state index is 0.346. The molecule has 0 radical (unpaired) electrons. The average Bonchev–Trinajstić information content (AvgIpc) is 3.01. The quantitative estimate of drug-likeness (QED) is 0.794. The van der Waals surface area contributed by atoms with Crippen LogP contribution in [-0.4, -0.2) is 40.7 Å². The van der Waals surface area contributed by atoms with Gasteiger partial charge >= 0.3 is 0 Å². The largest absolute Gasteiger partial charge is 0.340 e. The zero-order chi connectivity index (χ0) is 16.7. The number of rotatable bonds is 3. The highest BCUT2D eigenvalue weighted by atomic mass is 32.2. The third kappa shape index (κ3) is 2.80. The number of hydrogen-bond acceptors (Lipinski definition) is 7. The molecule has 3 N–H and O–H groups in total. The van der Waals surface area contributed by atoms with Crippen LogP contribution in [0.5, 0.6) is 0 Å². The van der Waals surface area contributed by atoms with Crippen LogP contribution in [0.2, 0.25) is 0 Å². The molecule has 3 heterocycles. The molecule has 24 heavy (non-hydrogen) atoms. The zero-order valence-electron chi connectivity index (χ0n) is 13.1. The number of fused-ring (bicyclic) bond motifs is 2. The van der Waals surface area contributed by atoms with Crippen molar-refractivity contribution >= 4 is 34.9 Å². The predicted molar refractivity (Wildman–Crippen MR) is 92.1 cm³/mol. The standard InChI is InChI=1S/C16H19N5O2S/c17-6-12-9-1-2-10(12)8-21(7-9)15-18-4-3-11(19-15)5-13-14(22)20-16(23)24-13/h3-5,9-10,12H,1-2,6-8,17H2,(H,20,22,23)/t9-,10+,12?. The molecule has 126 valence electrons. The second-order valence-corrected chi connectivity index (χ2v) is 7.55. The van der Waals surface area contributed by atoms with Crippen molar-refractivity contribution in [2.24, 2.45) is 23.5 Å². The van der Waals surface area contributed by atoms with Crippen molar-refractivity contribution in [3.8, 4) is 0 Å². The van der Waals surface area contributed by atoms with Crippen LogP contribution < -0.4 is 16.0 Å². The van der Waals surface area contributed by atoms with Crippen molar-refractivity contribution in [3.63, 3.8) is 0 Å². The van der Waals surface area contributed by atoms with Crippen molar-refractivity contribution < 1.29 is 9.59 Å². The molecule has 1 aliphatic carbocycles. The van der Waals surface area contributed by atoms with E-state index >= 15 is 0 Å². The first-order valence-electron chi connectivity index (χ1n) is 8.17. The third-order valence-electron chi connectivity index (χ3n) is 5.17. The number of amides is 2. The molecule has 1 unspecified atom stereocenters. The van der Waals surface area contributed by atoms with Crippen LogP contribution in [0.3, 0.4) is 0 Å². The maximum Gasteiger partial charge on any atom is 0.290 e. The minimum Gasteiger partial charge on any atom is -0.340 e. The zero-order valence-corrected chi connectivity index (χ0v) is 14.0. The predicted octanol–water partition coefficient (Wildman–Crippen LogP) is 1.22. The number of thioether (sulfide) groups is 1. The molecule has 7 nitrogen and oxygen atoms in total. The first-order valence-corrected chi connectivity index (χ1v) is 8.98. The first kappa shape index (κ1) is 15.6. The summed E-state index contributed by atoms with van der Waals surface area (Å²) in [7, 11) is 0. The van der Waals surface area contributed by atoms with Crippen molar-refractivity contribution in [1.29, 1.82) is 0 Å². The van der Waals surface area contributed by atoms with Crippen molar-refractivity contribution in [2.75, 3.05) is 24.5 Å². The van der Waals surface area contributed by atoms with Crippen LogP contribution in [0.25, 0.3) is 6.08 Å². The Labute approximate surface area is 144 Å². The maximum atomic E-state index is 11.7. The Morgan fingerprint density at radius 3 is 2.71 bits per heavy atom. The van der Waals surface area contributed by atoms with Crippen LogP contribution >= 0.6 is 11.8 Å². The smallest absolute Gasteiger partial charge is 0.290 e. The fraction of sp³-hybridized carbons (Fsp3) is 0.500. The lowest BCUT2D eigenvalue weighted by molar-refractivity contribution is -0.115. The molecule has 2 aliphatic heterocycles. The van der Waals surface area contributed by atoms with Crippen LogP contribution in [0.4, 0.5) is 10.7 Å². The molecule has 1 aromatic rings. The number of anilines is 1. The number of nitrogens with zero attached hydrogens (tertiary/aromatic N) is 3. The Morgan fingerprint density at radius 1 is 1.33 bits per heavy atom. The Balaban J connectivity index is 1.55. The SMILES string of the molecule is NCC1[C@@H]2CC[C@H]1CN(c1nccc(C=C3SC(=O)NC3=O)n1)C2. The third-order valence-corrected chi connectivity index (χ3v) is 5.98. The molecular formula is C16H19N5O2S. The van der Waals surface area contributed by atoms with Crippen LogP contribution in [-0.2, 0) is 4.79 Å². The molecule has 2 amide bonds. The van der Waals surface area contributed by atoms with Gasteiger partial charge in [-0.05, 0) is 61.0 Å². The molecule has 2 saturated heterocycles. The van der Waals surface area contributed by atoms with E-state index in [1.807, 2.05) is 0 Å². The van der Waals surface area contributed by atoms with Crippen LogP contribution in [0.15, 0.2) is 17.2 Å². The molecule has 4 rings (SSSR count). The molecule has 1 saturated carbocycles. The van der Waals surface area contributed by atoms with Gasteiger partial charge in [0.15, 0.2) is 0 Å². The lowest BCUT2D eigenvalue weighted by Crippen LogP contribution is -2.45. The van der Waals surface area contributed by atoms with Gasteiger partial charge in [0.2, 0.25) is 5.95 Å². The van der Waals surface area contributed by atoms with E-state index < -0.39 is 0 Å². The Hall–Kier alpha value is -1.93. The maximum absolute atomic E-state index is 11.7. The van der Waals surface area contributed by atoms with Gasteiger partial charge in [0.25, 0.3) is 11.1 Å². The molecule has 8 heteroatoms. The van der Waals surface area contributed by atoms with Gasteiger partial charge in [-0.3, -0.25) is 14.9 Å². The summed E-state index contributed by atoms with van der Waals surface area (Å²) in [6.07, 6.45) is 5.79. The number of piperidine rings is 1. The number of nitrogens with two attached hydrogens (primary N) is 1. The Bertz CT molecular complexity index is 708. The van der Waals surface area contributed by atoms with Gasteiger partial charge in [-0.25, -0.2) is 9.97 Å². The fourth-order valence-corrected chi connectivity index (χ4v) is 4.70. The summed E-state index contributed by atoms with van der Waals surface area (Å²) in [5, 5.41) is 1.90. The van der Waals surface area contributed by atoms with Crippen LogP contribution in [0, 0.1) is 17.8 Å². The molecule has 2 bridgehead atoms. The first-order chi connectivity index (χ1) is 11.6. The number of nitrogens with one attached hydrogen (secondary N) is 1. The van der Waals surface area contributed by atoms with Gasteiger partial charge in [-0.1, -0.05) is 0 Å².